The van der Waals surface area contributed by atoms with Crippen molar-refractivity contribution in [2.24, 2.45) is 0 Å². The van der Waals surface area contributed by atoms with Gasteiger partial charge in [-0.2, -0.15) is 0 Å². The zero-order valence-corrected chi connectivity index (χ0v) is 11.3. The van der Waals surface area contributed by atoms with Gasteiger partial charge >= 0.3 is 0 Å². The van der Waals surface area contributed by atoms with E-state index in [0.717, 1.165) is 22.5 Å². The summed E-state index contributed by atoms with van der Waals surface area (Å²) in [6, 6.07) is 6.45. The minimum Gasteiger partial charge on any atom is -0.448 e. The van der Waals surface area contributed by atoms with E-state index in [2.05, 4.69) is 5.32 Å². The summed E-state index contributed by atoms with van der Waals surface area (Å²) in [6.07, 6.45) is 0. The van der Waals surface area contributed by atoms with E-state index in [-0.39, 0.29) is 11.9 Å². The van der Waals surface area contributed by atoms with Crippen molar-refractivity contribution in [1.29, 1.82) is 0 Å². The standard InChI is InChI=1S/C14H15ClFNO/c1-8-6-10(16)7-9(2)13(8)14(17-3)11-4-5-12(15)18-11/h4-7,14,17H,1-3H3. The topological polar surface area (TPSA) is 25.2 Å². The van der Waals surface area contributed by atoms with Crippen LogP contribution in [-0.4, -0.2) is 7.05 Å². The maximum atomic E-state index is 13.3. The predicted octanol–water partition coefficient (Wildman–Crippen LogP) is 4.00. The van der Waals surface area contributed by atoms with Gasteiger partial charge in [0, 0.05) is 0 Å². The molecule has 4 heteroatoms. The fourth-order valence-electron chi connectivity index (χ4n) is 2.29. The first-order chi connectivity index (χ1) is 8.52. The van der Waals surface area contributed by atoms with Crippen LogP contribution in [0.3, 0.4) is 0 Å². The minimum absolute atomic E-state index is 0.127. The molecule has 1 aromatic heterocycles. The van der Waals surface area contributed by atoms with Gasteiger partial charge in [0.25, 0.3) is 0 Å². The predicted molar refractivity (Wildman–Crippen MR) is 70.5 cm³/mol. The molecule has 0 saturated heterocycles. The smallest absolute Gasteiger partial charge is 0.193 e. The number of hydrogen-bond acceptors (Lipinski definition) is 2. The molecule has 1 N–H and O–H groups in total. The molecule has 2 nitrogen and oxygen atoms in total. The molecule has 2 rings (SSSR count). The lowest BCUT2D eigenvalue weighted by atomic mass is 9.94. The third-order valence-corrected chi connectivity index (χ3v) is 3.22. The summed E-state index contributed by atoms with van der Waals surface area (Å²) in [5.41, 5.74) is 2.80. The van der Waals surface area contributed by atoms with E-state index >= 15 is 0 Å². The summed E-state index contributed by atoms with van der Waals surface area (Å²) in [4.78, 5) is 0. The monoisotopic (exact) mass is 267 g/mol. The number of halogens is 2. The van der Waals surface area contributed by atoms with Crippen LogP contribution in [0.25, 0.3) is 0 Å². The van der Waals surface area contributed by atoms with Crippen LogP contribution < -0.4 is 5.32 Å². The summed E-state index contributed by atoms with van der Waals surface area (Å²) >= 11 is 5.80. The molecule has 1 atom stereocenters. The minimum atomic E-state index is -0.221. The van der Waals surface area contributed by atoms with Crippen molar-refractivity contribution in [3.05, 3.63) is 57.8 Å². The van der Waals surface area contributed by atoms with Crippen molar-refractivity contribution in [3.8, 4) is 0 Å². The van der Waals surface area contributed by atoms with Gasteiger partial charge in [-0.1, -0.05) is 0 Å². The van der Waals surface area contributed by atoms with E-state index < -0.39 is 0 Å². The Morgan fingerprint density at radius 2 is 1.83 bits per heavy atom. The van der Waals surface area contributed by atoms with Crippen molar-refractivity contribution < 1.29 is 8.81 Å². The normalized spacial score (nSPS) is 12.7. The summed E-state index contributed by atoms with van der Waals surface area (Å²) in [5.74, 6) is 0.501. The molecule has 1 unspecified atom stereocenters. The lowest BCUT2D eigenvalue weighted by molar-refractivity contribution is 0.462. The molecule has 0 aliphatic heterocycles. The molecule has 1 aromatic carbocycles. The highest BCUT2D eigenvalue weighted by Crippen LogP contribution is 2.30. The van der Waals surface area contributed by atoms with E-state index in [4.69, 9.17) is 16.0 Å². The lowest BCUT2D eigenvalue weighted by Crippen LogP contribution is -2.19. The van der Waals surface area contributed by atoms with Crippen molar-refractivity contribution in [3.63, 3.8) is 0 Å². The Kier molecular flexibility index (Phi) is 3.73. The van der Waals surface area contributed by atoms with Crippen LogP contribution >= 0.6 is 11.6 Å². The Hall–Kier alpha value is -1.32. The Morgan fingerprint density at radius 1 is 1.22 bits per heavy atom. The summed E-state index contributed by atoms with van der Waals surface area (Å²) in [7, 11) is 1.84. The van der Waals surface area contributed by atoms with Gasteiger partial charge in [0.2, 0.25) is 0 Å². The molecule has 96 valence electrons. The average Bonchev–Trinajstić information content (AvgIpc) is 2.69. The maximum absolute atomic E-state index is 13.3. The van der Waals surface area contributed by atoms with Crippen molar-refractivity contribution in [1.82, 2.24) is 5.32 Å². The van der Waals surface area contributed by atoms with Crippen LogP contribution in [0, 0.1) is 19.7 Å². The first kappa shape index (κ1) is 13.1. The number of furan rings is 1. The number of benzene rings is 1. The lowest BCUT2D eigenvalue weighted by Gasteiger charge is -2.19. The van der Waals surface area contributed by atoms with Gasteiger partial charge in [0.1, 0.15) is 11.6 Å². The quantitative estimate of drug-likeness (QED) is 0.909. The van der Waals surface area contributed by atoms with E-state index in [1.807, 2.05) is 27.0 Å². The molecule has 0 bridgehead atoms. The van der Waals surface area contributed by atoms with Crippen LogP contribution in [0.5, 0.6) is 0 Å². The third kappa shape index (κ3) is 2.42. The van der Waals surface area contributed by atoms with Crippen molar-refractivity contribution >= 4 is 11.6 Å². The first-order valence-corrected chi connectivity index (χ1v) is 6.10. The van der Waals surface area contributed by atoms with Crippen LogP contribution in [0.1, 0.15) is 28.5 Å². The van der Waals surface area contributed by atoms with Crippen LogP contribution in [0.4, 0.5) is 4.39 Å². The molecule has 0 saturated carbocycles. The molecule has 0 spiro atoms. The van der Waals surface area contributed by atoms with Gasteiger partial charge in [-0.15, -0.1) is 0 Å². The highest BCUT2D eigenvalue weighted by atomic mass is 35.5. The molecule has 1 heterocycles. The molecule has 0 aliphatic carbocycles. The second-order valence-electron chi connectivity index (χ2n) is 4.32. The average molecular weight is 268 g/mol. The fraction of sp³-hybridized carbons (Fsp3) is 0.286. The van der Waals surface area contributed by atoms with Gasteiger partial charge in [0.15, 0.2) is 5.22 Å². The van der Waals surface area contributed by atoms with E-state index in [1.165, 1.54) is 12.1 Å². The van der Waals surface area contributed by atoms with Gasteiger partial charge < -0.3 is 9.73 Å². The van der Waals surface area contributed by atoms with Gasteiger partial charge in [-0.3, -0.25) is 0 Å². The molecule has 0 aliphatic rings. The molecule has 0 amide bonds. The van der Waals surface area contributed by atoms with Gasteiger partial charge in [0.05, 0.1) is 6.04 Å². The van der Waals surface area contributed by atoms with E-state index in [9.17, 15) is 4.39 Å². The summed E-state index contributed by atoms with van der Waals surface area (Å²) in [5, 5.41) is 3.52. The zero-order valence-electron chi connectivity index (χ0n) is 10.6. The second kappa shape index (κ2) is 5.12. The molecule has 18 heavy (non-hydrogen) atoms. The van der Waals surface area contributed by atoms with Crippen LogP contribution in [0.2, 0.25) is 5.22 Å². The first-order valence-electron chi connectivity index (χ1n) is 5.72. The van der Waals surface area contributed by atoms with Crippen LogP contribution in [0.15, 0.2) is 28.7 Å². The number of hydrogen-bond donors (Lipinski definition) is 1. The molecule has 0 radical (unpaired) electrons. The fourth-order valence-corrected chi connectivity index (χ4v) is 2.44. The largest absolute Gasteiger partial charge is 0.448 e. The number of nitrogens with one attached hydrogen (secondary N) is 1. The van der Waals surface area contributed by atoms with Gasteiger partial charge in [-0.25, -0.2) is 4.39 Å². The second-order valence-corrected chi connectivity index (χ2v) is 4.69. The third-order valence-electron chi connectivity index (χ3n) is 3.01. The maximum Gasteiger partial charge on any atom is 0.193 e. The van der Waals surface area contributed by atoms with E-state index in [0.29, 0.717) is 5.22 Å². The zero-order chi connectivity index (χ0) is 13.3. The summed E-state index contributed by atoms with van der Waals surface area (Å²) in [6.45, 7) is 3.78. The van der Waals surface area contributed by atoms with Crippen molar-refractivity contribution in [2.45, 2.75) is 19.9 Å². The molecular weight excluding hydrogens is 253 g/mol. The number of rotatable bonds is 3. The highest BCUT2D eigenvalue weighted by molar-refractivity contribution is 6.28. The Balaban J connectivity index is 2.51. The summed E-state index contributed by atoms with van der Waals surface area (Å²) < 4.78 is 18.8. The molecular formula is C14H15ClFNO. The van der Waals surface area contributed by atoms with E-state index in [1.54, 1.807) is 6.07 Å². The highest BCUT2D eigenvalue weighted by Gasteiger charge is 2.20. The van der Waals surface area contributed by atoms with Crippen molar-refractivity contribution in [2.75, 3.05) is 7.05 Å². The molecule has 0 fully saturated rings. The molecule has 2 aromatic rings. The number of aryl methyl sites for hydroxylation is 2. The SMILES string of the molecule is CNC(c1ccc(Cl)o1)c1c(C)cc(F)cc1C. The van der Waals surface area contributed by atoms with Gasteiger partial charge in [-0.05, 0) is 73.5 Å². The Bertz CT molecular complexity index is 542. The Labute approximate surface area is 111 Å². The Morgan fingerprint density at radius 3 is 2.28 bits per heavy atom. The van der Waals surface area contributed by atoms with Crippen LogP contribution in [-0.2, 0) is 0 Å².